The Balaban J connectivity index is 0.00000368. The van der Waals surface area contributed by atoms with Gasteiger partial charge in [0.25, 0.3) is 11.8 Å². The third-order valence-electron chi connectivity index (χ3n) is 6.63. The van der Waals surface area contributed by atoms with E-state index in [4.69, 9.17) is 13.9 Å². The number of ether oxygens (including phenoxy) is 2. The maximum Gasteiger partial charge on any atom is 0.419 e. The van der Waals surface area contributed by atoms with Gasteiger partial charge in [0.2, 0.25) is 11.8 Å². The Kier molecular flexibility index (Phi) is 7.30. The molecule has 2 aliphatic rings. The average Bonchev–Trinajstić information content (AvgIpc) is 3.69. The number of rotatable bonds is 7. The molecule has 0 aliphatic carbocycles. The number of morpholine rings is 1. The summed E-state index contributed by atoms with van der Waals surface area (Å²) in [6.07, 6.45) is 1.41. The third-order valence-corrected chi connectivity index (χ3v) is 9.15. The Labute approximate surface area is 244 Å². The number of benzene rings is 2. The van der Waals surface area contributed by atoms with E-state index in [0.29, 0.717) is 37.4 Å². The van der Waals surface area contributed by atoms with Gasteiger partial charge in [-0.3, -0.25) is 14.9 Å². The molecule has 1 unspecified atom stereocenters. The Morgan fingerprint density at radius 3 is 2.55 bits per heavy atom. The highest BCUT2D eigenvalue weighted by Gasteiger charge is 2.34. The fraction of sp³-hybridized carbons (Fsp3) is 0.259. The van der Waals surface area contributed by atoms with Crippen LogP contribution in [0.1, 0.15) is 33.8 Å². The minimum Gasteiger partial charge on any atom is -0.423 e. The highest BCUT2D eigenvalue weighted by molar-refractivity contribution is 7.91. The molecule has 2 fully saturated rings. The fourth-order valence-corrected chi connectivity index (χ4v) is 7.09. The lowest BCUT2D eigenvalue weighted by molar-refractivity contribution is -0.116. The van der Waals surface area contributed by atoms with Crippen LogP contribution in [0.25, 0.3) is 21.3 Å². The molecule has 0 radical (unpaired) electrons. The monoisotopic (exact) mass is 611 g/mol. The molecule has 2 saturated heterocycles. The summed E-state index contributed by atoms with van der Waals surface area (Å²) in [6, 6.07) is 12.9. The zero-order chi connectivity index (χ0) is 29.4. The van der Waals surface area contributed by atoms with Crippen molar-refractivity contribution in [3.8, 4) is 11.1 Å². The SMILES string of the molecule is CS(=O)(=O)C(c1nnc(C/C=C2/OC(=O)NC2=O)o1)c1nc2ccc(-c3ccc(C(=O)N4CCOCC4)cc3)cc2s1.[HH]. The topological polar surface area (TPSA) is 171 Å². The summed E-state index contributed by atoms with van der Waals surface area (Å²) in [4.78, 5) is 41.9. The Hall–Kier alpha value is -4.47. The van der Waals surface area contributed by atoms with Crippen molar-refractivity contribution in [1.82, 2.24) is 25.4 Å². The quantitative estimate of drug-likeness (QED) is 0.305. The number of cyclic esters (lactones) is 1. The first-order valence-electron chi connectivity index (χ1n) is 12.8. The minimum absolute atomic E-state index is 0. The van der Waals surface area contributed by atoms with Gasteiger partial charge in [-0.1, -0.05) is 18.2 Å². The molecule has 1 N–H and O–H groups in total. The van der Waals surface area contributed by atoms with E-state index in [1.165, 1.54) is 17.4 Å². The van der Waals surface area contributed by atoms with Gasteiger partial charge in [0.1, 0.15) is 5.01 Å². The number of fused-ring (bicyclic) bond motifs is 1. The first-order chi connectivity index (χ1) is 20.2. The van der Waals surface area contributed by atoms with Gasteiger partial charge in [-0.15, -0.1) is 21.5 Å². The Morgan fingerprint density at radius 1 is 1.12 bits per heavy atom. The standard InChI is InChI=1S/C27H23N5O8S2.H2/c1-42(36,37)22(24-31-30-21(40-24)9-8-19-23(33)29-27(35)39-19)25-28-18-7-6-17(14-20(18)41-25)15-2-4-16(5-3-15)26(34)32-10-12-38-13-11-32;/h2-8,14,22H,9-13H2,1H3,(H,29,33,35);1H/b19-8+;. The molecule has 4 heterocycles. The smallest absolute Gasteiger partial charge is 0.419 e. The molecule has 3 amide bonds. The van der Waals surface area contributed by atoms with Crippen molar-refractivity contribution in [3.05, 3.63) is 76.7 Å². The molecule has 0 spiro atoms. The first-order valence-corrected chi connectivity index (χ1v) is 15.6. The first kappa shape index (κ1) is 27.7. The fourth-order valence-electron chi connectivity index (χ4n) is 4.56. The molecule has 15 heteroatoms. The maximum absolute atomic E-state index is 12.8. The van der Waals surface area contributed by atoms with E-state index < -0.39 is 27.1 Å². The second kappa shape index (κ2) is 11.1. The largest absolute Gasteiger partial charge is 0.423 e. The van der Waals surface area contributed by atoms with E-state index in [-0.39, 0.29) is 36.3 Å². The van der Waals surface area contributed by atoms with Gasteiger partial charge in [-0.2, -0.15) is 0 Å². The van der Waals surface area contributed by atoms with Gasteiger partial charge in [0.05, 0.1) is 23.4 Å². The molecule has 13 nitrogen and oxygen atoms in total. The lowest BCUT2D eigenvalue weighted by atomic mass is 10.0. The van der Waals surface area contributed by atoms with Gasteiger partial charge in [0, 0.05) is 32.8 Å². The van der Waals surface area contributed by atoms with Crippen molar-refractivity contribution in [1.29, 1.82) is 0 Å². The number of alkyl carbamates (subject to hydrolysis) is 1. The highest BCUT2D eigenvalue weighted by atomic mass is 32.2. The van der Waals surface area contributed by atoms with Crippen molar-refractivity contribution in [2.75, 3.05) is 32.6 Å². The predicted octanol–water partition coefficient (Wildman–Crippen LogP) is 2.89. The molecule has 1 atom stereocenters. The number of hydrogen-bond acceptors (Lipinski definition) is 12. The van der Waals surface area contributed by atoms with Crippen molar-refractivity contribution in [2.24, 2.45) is 0 Å². The van der Waals surface area contributed by atoms with Crippen LogP contribution in [0.5, 0.6) is 0 Å². The van der Waals surface area contributed by atoms with Crippen molar-refractivity contribution < 1.29 is 38.1 Å². The van der Waals surface area contributed by atoms with Gasteiger partial charge >= 0.3 is 6.09 Å². The zero-order valence-electron chi connectivity index (χ0n) is 22.1. The number of nitrogens with zero attached hydrogens (tertiary/aromatic N) is 4. The third kappa shape index (κ3) is 5.66. The number of carbonyl (C=O) groups is 3. The summed E-state index contributed by atoms with van der Waals surface area (Å²) in [6.45, 7) is 2.20. The molecule has 2 aromatic carbocycles. The van der Waals surface area contributed by atoms with Gasteiger partial charge in [-0.05, 0) is 41.5 Å². The molecule has 42 heavy (non-hydrogen) atoms. The van der Waals surface area contributed by atoms with Gasteiger partial charge in [0.15, 0.2) is 20.8 Å². The lowest BCUT2D eigenvalue weighted by Gasteiger charge is -2.26. The molecular weight excluding hydrogens is 586 g/mol. The number of thiazole rings is 1. The number of imide groups is 1. The molecule has 218 valence electrons. The Morgan fingerprint density at radius 2 is 1.86 bits per heavy atom. The van der Waals surface area contributed by atoms with Crippen molar-refractivity contribution >= 4 is 49.3 Å². The van der Waals surface area contributed by atoms with Crippen LogP contribution in [0.4, 0.5) is 4.79 Å². The number of aromatic nitrogens is 3. The summed E-state index contributed by atoms with van der Waals surface area (Å²) >= 11 is 1.19. The van der Waals surface area contributed by atoms with Gasteiger partial charge in [-0.25, -0.2) is 18.2 Å². The van der Waals surface area contributed by atoms with Crippen molar-refractivity contribution in [3.63, 3.8) is 0 Å². The lowest BCUT2D eigenvalue weighted by Crippen LogP contribution is -2.40. The number of amides is 3. The summed E-state index contributed by atoms with van der Waals surface area (Å²) < 4.78 is 42.1. The Bertz CT molecular complexity index is 1850. The van der Waals surface area contributed by atoms with Crippen LogP contribution in [0, 0.1) is 0 Å². The molecule has 6 rings (SSSR count). The number of nitrogens with one attached hydrogen (secondary N) is 1. The van der Waals surface area contributed by atoms with E-state index in [1.807, 2.05) is 29.6 Å². The van der Waals surface area contributed by atoms with E-state index in [9.17, 15) is 22.8 Å². The summed E-state index contributed by atoms with van der Waals surface area (Å²) in [5.41, 5.74) is 2.97. The number of allylic oxidation sites excluding steroid dienone is 1. The molecule has 4 aromatic rings. The summed E-state index contributed by atoms with van der Waals surface area (Å²) in [5, 5.41) is 8.74. The van der Waals surface area contributed by atoms with Gasteiger partial charge < -0.3 is 18.8 Å². The second-order valence-electron chi connectivity index (χ2n) is 9.58. The number of hydrogen-bond donors (Lipinski definition) is 1. The van der Waals surface area contributed by atoms with Crippen LogP contribution >= 0.6 is 11.3 Å². The van der Waals surface area contributed by atoms with E-state index in [1.54, 1.807) is 23.1 Å². The van der Waals surface area contributed by atoms with Crippen LogP contribution in [0.2, 0.25) is 0 Å². The molecule has 0 saturated carbocycles. The minimum atomic E-state index is -3.78. The molecule has 0 bridgehead atoms. The summed E-state index contributed by atoms with van der Waals surface area (Å²) in [5.74, 6) is -1.08. The molecule has 2 aromatic heterocycles. The van der Waals surface area contributed by atoms with Crippen LogP contribution in [0.3, 0.4) is 0 Å². The highest BCUT2D eigenvalue weighted by Crippen LogP contribution is 2.36. The van der Waals surface area contributed by atoms with Crippen LogP contribution < -0.4 is 5.32 Å². The second-order valence-corrected chi connectivity index (χ2v) is 12.8. The molecule has 2 aliphatic heterocycles. The van der Waals surface area contributed by atoms with E-state index in [0.717, 1.165) is 22.1 Å². The zero-order valence-corrected chi connectivity index (χ0v) is 23.7. The molecular formula is C27H25N5O8S2. The normalized spacial score (nSPS) is 17.5. The van der Waals surface area contributed by atoms with E-state index >= 15 is 0 Å². The van der Waals surface area contributed by atoms with Crippen LogP contribution in [0.15, 0.2) is 58.7 Å². The predicted molar refractivity (Wildman–Crippen MR) is 151 cm³/mol. The number of sulfone groups is 1. The summed E-state index contributed by atoms with van der Waals surface area (Å²) in [7, 11) is -3.78. The van der Waals surface area contributed by atoms with Crippen LogP contribution in [-0.2, 0) is 30.5 Å². The average molecular weight is 612 g/mol. The van der Waals surface area contributed by atoms with Crippen LogP contribution in [-0.4, -0.2) is 79.0 Å². The number of carbonyl (C=O) groups excluding carboxylic acids is 3. The van der Waals surface area contributed by atoms with E-state index in [2.05, 4.69) is 15.2 Å². The van der Waals surface area contributed by atoms with Crippen molar-refractivity contribution in [2.45, 2.75) is 11.7 Å². The maximum atomic E-state index is 12.8.